The number of carbonyl (C=O) groups excluding carboxylic acids is 1. The van der Waals surface area contributed by atoms with Crippen LogP contribution >= 0.6 is 11.3 Å². The molecule has 3 atom stereocenters. The number of carbonyl (C=O) groups is 1. The molecule has 0 bridgehead atoms. The molecule has 8 heteroatoms. The van der Waals surface area contributed by atoms with Crippen LogP contribution in [0.2, 0.25) is 0 Å². The molecule has 0 saturated carbocycles. The van der Waals surface area contributed by atoms with Crippen LogP contribution in [0.15, 0.2) is 29.8 Å². The standard InChI is InChI=1S/C22H29N3O4S/c1-15-21(30-14-24-15)17-4-2-16(3-5-17)11-23-22(27)20-10-18(26)12-25(20)7-9-29-19-6-8-28-13-19/h2-5,14,18-20,26H,6-13H2,1H3,(H,23,27). The van der Waals surface area contributed by atoms with Gasteiger partial charge in [-0.3, -0.25) is 9.69 Å². The van der Waals surface area contributed by atoms with Crippen LogP contribution in [0.1, 0.15) is 24.1 Å². The summed E-state index contributed by atoms with van der Waals surface area (Å²) in [5.74, 6) is -0.0434. The second kappa shape index (κ2) is 9.98. The molecular weight excluding hydrogens is 402 g/mol. The summed E-state index contributed by atoms with van der Waals surface area (Å²) in [5, 5.41) is 13.1. The second-order valence-corrected chi connectivity index (χ2v) is 8.79. The molecule has 7 nitrogen and oxygen atoms in total. The molecule has 2 aliphatic heterocycles. The lowest BCUT2D eigenvalue weighted by Crippen LogP contribution is -2.44. The van der Waals surface area contributed by atoms with E-state index in [9.17, 15) is 9.90 Å². The Bertz CT molecular complexity index is 835. The van der Waals surface area contributed by atoms with Crippen LogP contribution in [-0.2, 0) is 20.8 Å². The Balaban J connectivity index is 1.27. The fourth-order valence-corrected chi connectivity index (χ4v) is 4.85. The highest BCUT2D eigenvalue weighted by Gasteiger charge is 2.35. The van der Waals surface area contributed by atoms with Gasteiger partial charge in [0, 0.05) is 26.2 Å². The van der Waals surface area contributed by atoms with Crippen molar-refractivity contribution >= 4 is 17.2 Å². The maximum atomic E-state index is 12.8. The van der Waals surface area contributed by atoms with Crippen molar-refractivity contribution < 1.29 is 19.4 Å². The van der Waals surface area contributed by atoms with E-state index in [-0.39, 0.29) is 18.1 Å². The van der Waals surface area contributed by atoms with E-state index in [4.69, 9.17) is 9.47 Å². The Morgan fingerprint density at radius 2 is 2.23 bits per heavy atom. The zero-order valence-corrected chi connectivity index (χ0v) is 18.1. The van der Waals surface area contributed by atoms with Gasteiger partial charge < -0.3 is 19.9 Å². The molecule has 0 radical (unpaired) electrons. The molecule has 2 aromatic rings. The predicted octanol–water partition coefficient (Wildman–Crippen LogP) is 1.98. The van der Waals surface area contributed by atoms with Crippen LogP contribution in [0.5, 0.6) is 0 Å². The van der Waals surface area contributed by atoms with E-state index in [2.05, 4.69) is 22.4 Å². The van der Waals surface area contributed by atoms with Crippen LogP contribution in [0.4, 0.5) is 0 Å². The summed E-state index contributed by atoms with van der Waals surface area (Å²) in [7, 11) is 0. The van der Waals surface area contributed by atoms with E-state index < -0.39 is 6.10 Å². The highest BCUT2D eigenvalue weighted by Crippen LogP contribution is 2.27. The molecule has 0 spiro atoms. The number of nitrogens with zero attached hydrogens (tertiary/aromatic N) is 2. The van der Waals surface area contributed by atoms with Crippen molar-refractivity contribution in [1.82, 2.24) is 15.2 Å². The number of thiazole rings is 1. The zero-order chi connectivity index (χ0) is 20.9. The summed E-state index contributed by atoms with van der Waals surface area (Å²) in [4.78, 5) is 20.3. The summed E-state index contributed by atoms with van der Waals surface area (Å²) in [6, 6.07) is 7.89. The molecule has 162 valence electrons. The van der Waals surface area contributed by atoms with Crippen molar-refractivity contribution in [2.75, 3.05) is 32.9 Å². The Hall–Kier alpha value is -1.84. The lowest BCUT2D eigenvalue weighted by Gasteiger charge is -2.24. The number of likely N-dealkylation sites (tertiary alicyclic amines) is 1. The number of benzene rings is 1. The molecule has 2 saturated heterocycles. The number of amides is 1. The number of aliphatic hydroxyl groups excluding tert-OH is 1. The number of nitrogens with one attached hydrogen (secondary N) is 1. The van der Waals surface area contributed by atoms with Gasteiger partial charge in [0.05, 0.1) is 47.5 Å². The van der Waals surface area contributed by atoms with Gasteiger partial charge in [0.1, 0.15) is 0 Å². The molecule has 2 fully saturated rings. The first kappa shape index (κ1) is 21.4. The maximum absolute atomic E-state index is 12.8. The number of hydrogen-bond acceptors (Lipinski definition) is 7. The summed E-state index contributed by atoms with van der Waals surface area (Å²) < 4.78 is 11.1. The zero-order valence-electron chi connectivity index (χ0n) is 17.3. The molecule has 3 heterocycles. The first-order valence-corrected chi connectivity index (χ1v) is 11.4. The number of aliphatic hydroxyl groups is 1. The molecule has 4 rings (SSSR count). The lowest BCUT2D eigenvalue weighted by molar-refractivity contribution is -0.126. The van der Waals surface area contributed by atoms with Crippen molar-refractivity contribution in [3.63, 3.8) is 0 Å². The minimum atomic E-state index is -0.475. The molecule has 3 unspecified atom stereocenters. The average molecular weight is 432 g/mol. The average Bonchev–Trinajstić information content (AvgIpc) is 3.49. The van der Waals surface area contributed by atoms with Crippen LogP contribution in [0, 0.1) is 6.92 Å². The van der Waals surface area contributed by atoms with Gasteiger partial charge in [-0.1, -0.05) is 24.3 Å². The molecule has 2 aliphatic rings. The van der Waals surface area contributed by atoms with Crippen molar-refractivity contribution in [2.24, 2.45) is 0 Å². The molecular formula is C22H29N3O4S. The Morgan fingerprint density at radius 3 is 2.93 bits per heavy atom. The Labute approximate surface area is 181 Å². The van der Waals surface area contributed by atoms with Crippen LogP contribution in [-0.4, -0.2) is 72.1 Å². The van der Waals surface area contributed by atoms with E-state index in [0.29, 0.717) is 39.3 Å². The molecule has 0 aliphatic carbocycles. The summed E-state index contributed by atoms with van der Waals surface area (Å²) >= 11 is 1.63. The van der Waals surface area contributed by atoms with Crippen molar-refractivity contribution in [3.8, 4) is 10.4 Å². The molecule has 30 heavy (non-hydrogen) atoms. The minimum absolute atomic E-state index is 0.0434. The van der Waals surface area contributed by atoms with Gasteiger partial charge in [-0.05, 0) is 30.9 Å². The summed E-state index contributed by atoms with van der Waals surface area (Å²) in [6.07, 6.45) is 1.06. The van der Waals surface area contributed by atoms with E-state index in [0.717, 1.165) is 29.8 Å². The third kappa shape index (κ3) is 5.25. The minimum Gasteiger partial charge on any atom is -0.392 e. The van der Waals surface area contributed by atoms with E-state index >= 15 is 0 Å². The van der Waals surface area contributed by atoms with Gasteiger partial charge in [0.15, 0.2) is 0 Å². The monoisotopic (exact) mass is 431 g/mol. The van der Waals surface area contributed by atoms with E-state index in [1.54, 1.807) is 11.3 Å². The van der Waals surface area contributed by atoms with Gasteiger partial charge in [0.25, 0.3) is 0 Å². The fraction of sp³-hybridized carbons (Fsp3) is 0.545. The van der Waals surface area contributed by atoms with Crippen LogP contribution < -0.4 is 5.32 Å². The van der Waals surface area contributed by atoms with Gasteiger partial charge in [0.2, 0.25) is 5.91 Å². The second-order valence-electron chi connectivity index (χ2n) is 7.94. The van der Waals surface area contributed by atoms with Gasteiger partial charge in [-0.25, -0.2) is 4.98 Å². The molecule has 1 aromatic carbocycles. The molecule has 2 N–H and O–H groups in total. The third-order valence-corrected chi connectivity index (χ3v) is 6.71. The first-order chi connectivity index (χ1) is 14.6. The van der Waals surface area contributed by atoms with Gasteiger partial charge >= 0.3 is 0 Å². The van der Waals surface area contributed by atoms with Crippen LogP contribution in [0.25, 0.3) is 10.4 Å². The van der Waals surface area contributed by atoms with Crippen molar-refractivity contribution in [3.05, 3.63) is 41.0 Å². The normalized spacial score (nSPS) is 24.4. The van der Waals surface area contributed by atoms with E-state index in [1.807, 2.05) is 29.5 Å². The van der Waals surface area contributed by atoms with Gasteiger partial charge in [-0.15, -0.1) is 11.3 Å². The maximum Gasteiger partial charge on any atom is 0.237 e. The molecule has 1 amide bonds. The van der Waals surface area contributed by atoms with Gasteiger partial charge in [-0.2, -0.15) is 0 Å². The quantitative estimate of drug-likeness (QED) is 0.665. The Kier molecular flexibility index (Phi) is 7.12. The van der Waals surface area contributed by atoms with Crippen molar-refractivity contribution in [1.29, 1.82) is 0 Å². The number of aromatic nitrogens is 1. The van der Waals surface area contributed by atoms with E-state index in [1.165, 1.54) is 4.88 Å². The number of rotatable bonds is 8. The highest BCUT2D eigenvalue weighted by atomic mass is 32.1. The number of β-amino-alcohol motifs (C(OH)–C–C–N with tert-alkyl or cyclic N) is 1. The fourth-order valence-electron chi connectivity index (χ4n) is 4.04. The SMILES string of the molecule is Cc1ncsc1-c1ccc(CNC(=O)C2CC(O)CN2CCOC2CCOC2)cc1. The largest absolute Gasteiger partial charge is 0.392 e. The molecule has 1 aromatic heterocycles. The number of aryl methyl sites for hydroxylation is 1. The third-order valence-electron chi connectivity index (χ3n) is 5.73. The number of ether oxygens (including phenoxy) is 2. The first-order valence-electron chi connectivity index (χ1n) is 10.5. The van der Waals surface area contributed by atoms with Crippen molar-refractivity contribution in [2.45, 2.75) is 44.6 Å². The summed E-state index contributed by atoms with van der Waals surface area (Å²) in [5.41, 5.74) is 5.07. The summed E-state index contributed by atoms with van der Waals surface area (Å²) in [6.45, 7) is 5.56. The Morgan fingerprint density at radius 1 is 1.40 bits per heavy atom. The topological polar surface area (TPSA) is 83.9 Å². The highest BCUT2D eigenvalue weighted by molar-refractivity contribution is 7.13. The number of hydrogen-bond donors (Lipinski definition) is 2. The smallest absolute Gasteiger partial charge is 0.237 e. The lowest BCUT2D eigenvalue weighted by atomic mass is 10.1. The predicted molar refractivity (Wildman–Crippen MR) is 115 cm³/mol. The van der Waals surface area contributed by atoms with Crippen LogP contribution in [0.3, 0.4) is 0 Å².